The number of hydrogen-bond donors (Lipinski definition) is 2. The number of thioether (sulfide) groups is 1. The number of rotatable bonds is 9. The van der Waals surface area contributed by atoms with Crippen molar-refractivity contribution >= 4 is 34.9 Å². The first-order chi connectivity index (χ1) is 8.02. The number of nitrogens with two attached hydrogens (primary N) is 1. The van der Waals surface area contributed by atoms with E-state index in [1.165, 1.54) is 0 Å². The van der Waals surface area contributed by atoms with Gasteiger partial charge in [-0.25, -0.2) is 0 Å². The molecule has 0 rings (SSSR count). The van der Waals surface area contributed by atoms with E-state index in [0.717, 1.165) is 30.8 Å². The summed E-state index contributed by atoms with van der Waals surface area (Å²) in [4.78, 5) is 12.2. The highest BCUT2D eigenvalue weighted by molar-refractivity contribution is 7.99. The zero-order valence-electron chi connectivity index (χ0n) is 11.0. The highest BCUT2D eigenvalue weighted by atomic mass is 32.2. The standard InChI is InChI=1S/C12H24N2OS2/c1-4-6-10(11(13)16)12(15)14-9(3)7-8-17-5-2/h9-10H,4-8H2,1-3H3,(H2,13,16)(H,14,15). The number of thiocarbonyl (C=S) groups is 1. The molecule has 2 atom stereocenters. The van der Waals surface area contributed by atoms with Crippen LogP contribution in [0, 0.1) is 5.92 Å². The molecule has 0 radical (unpaired) electrons. The maximum absolute atomic E-state index is 11.9. The average molecular weight is 276 g/mol. The Balaban J connectivity index is 4.07. The topological polar surface area (TPSA) is 55.1 Å². The molecule has 0 saturated carbocycles. The molecular weight excluding hydrogens is 252 g/mol. The van der Waals surface area contributed by atoms with Crippen molar-refractivity contribution in [1.82, 2.24) is 5.32 Å². The van der Waals surface area contributed by atoms with Gasteiger partial charge in [-0.3, -0.25) is 4.79 Å². The molecule has 0 heterocycles. The zero-order valence-corrected chi connectivity index (χ0v) is 12.6. The normalized spacial score (nSPS) is 14.1. The SMILES string of the molecule is CCCC(C(=O)NC(C)CCSCC)C(N)=S. The Bertz CT molecular complexity index is 247. The molecule has 2 unspecified atom stereocenters. The van der Waals surface area contributed by atoms with Gasteiger partial charge in [0, 0.05) is 6.04 Å². The van der Waals surface area contributed by atoms with Crippen molar-refractivity contribution in [3.8, 4) is 0 Å². The molecule has 0 fully saturated rings. The molecule has 17 heavy (non-hydrogen) atoms. The smallest absolute Gasteiger partial charge is 0.230 e. The van der Waals surface area contributed by atoms with E-state index in [9.17, 15) is 4.79 Å². The minimum Gasteiger partial charge on any atom is -0.393 e. The highest BCUT2D eigenvalue weighted by Crippen LogP contribution is 2.09. The van der Waals surface area contributed by atoms with Crippen molar-refractivity contribution in [2.24, 2.45) is 11.7 Å². The second-order valence-electron chi connectivity index (χ2n) is 4.14. The maximum atomic E-state index is 11.9. The average Bonchev–Trinajstić information content (AvgIpc) is 2.25. The predicted octanol–water partition coefficient (Wildman–Crippen LogP) is 2.34. The Morgan fingerprint density at radius 3 is 2.53 bits per heavy atom. The van der Waals surface area contributed by atoms with Crippen LogP contribution in [0.25, 0.3) is 0 Å². The van der Waals surface area contributed by atoms with Gasteiger partial charge in [-0.15, -0.1) is 0 Å². The van der Waals surface area contributed by atoms with Crippen molar-refractivity contribution in [3.05, 3.63) is 0 Å². The highest BCUT2D eigenvalue weighted by Gasteiger charge is 2.21. The molecule has 0 aromatic carbocycles. The van der Waals surface area contributed by atoms with Gasteiger partial charge < -0.3 is 11.1 Å². The summed E-state index contributed by atoms with van der Waals surface area (Å²) < 4.78 is 0. The third-order valence-electron chi connectivity index (χ3n) is 2.53. The van der Waals surface area contributed by atoms with E-state index in [1.54, 1.807) is 0 Å². The Labute approximate surface area is 114 Å². The van der Waals surface area contributed by atoms with E-state index in [4.69, 9.17) is 18.0 Å². The third-order valence-corrected chi connectivity index (χ3v) is 3.74. The first-order valence-electron chi connectivity index (χ1n) is 6.20. The summed E-state index contributed by atoms with van der Waals surface area (Å²) in [6, 6.07) is 0.190. The van der Waals surface area contributed by atoms with Crippen molar-refractivity contribution in [1.29, 1.82) is 0 Å². The molecule has 0 bridgehead atoms. The van der Waals surface area contributed by atoms with Gasteiger partial charge >= 0.3 is 0 Å². The van der Waals surface area contributed by atoms with E-state index < -0.39 is 0 Å². The van der Waals surface area contributed by atoms with Gasteiger partial charge in [-0.1, -0.05) is 32.5 Å². The van der Waals surface area contributed by atoms with Crippen LogP contribution < -0.4 is 11.1 Å². The molecule has 0 aromatic heterocycles. The van der Waals surface area contributed by atoms with Gasteiger partial charge in [0.05, 0.1) is 10.9 Å². The van der Waals surface area contributed by atoms with E-state index in [-0.39, 0.29) is 17.9 Å². The minimum absolute atomic E-state index is 0.0200. The number of carbonyl (C=O) groups excluding carboxylic acids is 1. The van der Waals surface area contributed by atoms with E-state index in [1.807, 2.05) is 25.6 Å². The Morgan fingerprint density at radius 1 is 1.41 bits per heavy atom. The molecule has 0 aliphatic carbocycles. The molecule has 1 amide bonds. The summed E-state index contributed by atoms with van der Waals surface area (Å²) in [6.07, 6.45) is 2.63. The largest absolute Gasteiger partial charge is 0.393 e. The van der Waals surface area contributed by atoms with Crippen LogP contribution >= 0.6 is 24.0 Å². The first-order valence-corrected chi connectivity index (χ1v) is 7.76. The summed E-state index contributed by atoms with van der Waals surface area (Å²) in [6.45, 7) is 6.19. The molecular formula is C12H24N2OS2. The lowest BCUT2D eigenvalue weighted by molar-refractivity contribution is -0.123. The lowest BCUT2D eigenvalue weighted by Gasteiger charge is -2.19. The molecule has 0 aliphatic heterocycles. The summed E-state index contributed by atoms with van der Waals surface area (Å²) in [5.41, 5.74) is 5.59. The van der Waals surface area contributed by atoms with E-state index >= 15 is 0 Å². The third kappa shape index (κ3) is 7.60. The lowest BCUT2D eigenvalue weighted by atomic mass is 10.0. The van der Waals surface area contributed by atoms with E-state index in [2.05, 4.69) is 12.2 Å². The monoisotopic (exact) mass is 276 g/mol. The summed E-state index contributed by atoms with van der Waals surface area (Å²) >= 11 is 6.82. The summed E-state index contributed by atoms with van der Waals surface area (Å²) in [5.74, 6) is 1.86. The molecule has 0 saturated heterocycles. The molecule has 3 nitrogen and oxygen atoms in total. The minimum atomic E-state index is -0.309. The second-order valence-corrected chi connectivity index (χ2v) is 6.00. The van der Waals surface area contributed by atoms with Crippen molar-refractivity contribution < 1.29 is 4.79 Å². The van der Waals surface area contributed by atoms with Gasteiger partial charge in [0.1, 0.15) is 0 Å². The van der Waals surface area contributed by atoms with Crippen LogP contribution in [-0.2, 0) is 4.79 Å². The summed E-state index contributed by atoms with van der Waals surface area (Å²) in [5, 5.41) is 2.99. The number of amides is 1. The predicted molar refractivity (Wildman–Crippen MR) is 80.4 cm³/mol. The van der Waals surface area contributed by atoms with Crippen LogP contribution in [-0.4, -0.2) is 28.4 Å². The Hall–Kier alpha value is -0.290. The van der Waals surface area contributed by atoms with Crippen molar-refractivity contribution in [2.75, 3.05) is 11.5 Å². The molecule has 5 heteroatoms. The number of hydrogen-bond acceptors (Lipinski definition) is 3. The van der Waals surface area contributed by atoms with Crippen LogP contribution in [0.15, 0.2) is 0 Å². The Kier molecular flexibility index (Phi) is 9.55. The van der Waals surface area contributed by atoms with Crippen LogP contribution in [0.5, 0.6) is 0 Å². The van der Waals surface area contributed by atoms with Crippen LogP contribution in [0.4, 0.5) is 0 Å². The fourth-order valence-corrected chi connectivity index (χ4v) is 2.55. The molecule has 0 spiro atoms. The fourth-order valence-electron chi connectivity index (χ4n) is 1.51. The van der Waals surface area contributed by atoms with Crippen molar-refractivity contribution in [2.45, 2.75) is 46.1 Å². The quantitative estimate of drug-likeness (QED) is 0.501. The van der Waals surface area contributed by atoms with Crippen molar-refractivity contribution in [3.63, 3.8) is 0 Å². The van der Waals surface area contributed by atoms with Gasteiger partial charge in [0.15, 0.2) is 0 Å². The van der Waals surface area contributed by atoms with Crippen LogP contribution in [0.3, 0.4) is 0 Å². The fraction of sp³-hybridized carbons (Fsp3) is 0.833. The molecule has 0 aliphatic rings. The number of carbonyl (C=O) groups is 1. The zero-order chi connectivity index (χ0) is 13.3. The van der Waals surface area contributed by atoms with Gasteiger partial charge in [-0.2, -0.15) is 11.8 Å². The van der Waals surface area contributed by atoms with Gasteiger partial charge in [0.25, 0.3) is 0 Å². The maximum Gasteiger partial charge on any atom is 0.230 e. The van der Waals surface area contributed by atoms with Crippen LogP contribution in [0.1, 0.15) is 40.0 Å². The van der Waals surface area contributed by atoms with Crippen LogP contribution in [0.2, 0.25) is 0 Å². The number of nitrogens with one attached hydrogen (secondary N) is 1. The molecule has 100 valence electrons. The second kappa shape index (κ2) is 9.71. The lowest BCUT2D eigenvalue weighted by Crippen LogP contribution is -2.42. The van der Waals surface area contributed by atoms with Gasteiger partial charge in [-0.05, 0) is 31.3 Å². The Morgan fingerprint density at radius 2 is 2.06 bits per heavy atom. The van der Waals surface area contributed by atoms with Gasteiger partial charge in [0.2, 0.25) is 5.91 Å². The first kappa shape index (κ1) is 16.7. The molecule has 3 N–H and O–H groups in total. The summed E-state index contributed by atoms with van der Waals surface area (Å²) in [7, 11) is 0. The molecule has 0 aromatic rings. The van der Waals surface area contributed by atoms with E-state index in [0.29, 0.717) is 4.99 Å².